The van der Waals surface area contributed by atoms with Crippen molar-refractivity contribution in [2.45, 2.75) is 26.5 Å². The third kappa shape index (κ3) is 4.83. The lowest BCUT2D eigenvalue weighted by atomic mass is 10.3. The van der Waals surface area contributed by atoms with Gasteiger partial charge in [0.25, 0.3) is 5.91 Å². The van der Waals surface area contributed by atoms with Crippen molar-refractivity contribution in [1.82, 2.24) is 15.3 Å². The number of ether oxygens (including phenoxy) is 1. The molecule has 0 atom stereocenters. The molecule has 26 heavy (non-hydrogen) atoms. The number of anilines is 2. The standard InChI is InChI=1S/C19H20N4O3/c1-13(2)26-15-7-5-14(6-8-15)22-19-20-10-9-17(23-19)18(24)21-12-16-4-3-11-25-16/h3-11,13H,12H2,1-2H3,(H,21,24)(H,20,22,23). The number of carbonyl (C=O) groups excluding carboxylic acids is 1. The number of aromatic nitrogens is 2. The largest absolute Gasteiger partial charge is 0.491 e. The second-order valence-corrected chi connectivity index (χ2v) is 5.84. The molecule has 2 aromatic heterocycles. The summed E-state index contributed by atoms with van der Waals surface area (Å²) in [5.41, 5.74) is 1.07. The van der Waals surface area contributed by atoms with Crippen LogP contribution in [0.3, 0.4) is 0 Å². The van der Waals surface area contributed by atoms with Crippen LogP contribution in [0, 0.1) is 0 Å². The molecule has 0 aliphatic rings. The first-order valence-electron chi connectivity index (χ1n) is 8.27. The van der Waals surface area contributed by atoms with E-state index in [-0.39, 0.29) is 17.7 Å². The number of hydrogen-bond donors (Lipinski definition) is 2. The summed E-state index contributed by atoms with van der Waals surface area (Å²) in [5.74, 6) is 1.51. The summed E-state index contributed by atoms with van der Waals surface area (Å²) in [5, 5.41) is 5.82. The number of carbonyl (C=O) groups is 1. The minimum atomic E-state index is -0.299. The average Bonchev–Trinajstić information content (AvgIpc) is 3.15. The second kappa shape index (κ2) is 8.15. The lowest BCUT2D eigenvalue weighted by molar-refractivity contribution is 0.0943. The third-order valence-corrected chi connectivity index (χ3v) is 3.37. The molecular formula is C19H20N4O3. The highest BCUT2D eigenvalue weighted by atomic mass is 16.5. The molecule has 7 heteroatoms. The van der Waals surface area contributed by atoms with Gasteiger partial charge in [-0.1, -0.05) is 0 Å². The minimum absolute atomic E-state index is 0.119. The Balaban J connectivity index is 1.62. The number of benzene rings is 1. The Morgan fingerprint density at radius 1 is 1.19 bits per heavy atom. The van der Waals surface area contributed by atoms with Gasteiger partial charge in [-0.05, 0) is 56.3 Å². The highest BCUT2D eigenvalue weighted by Gasteiger charge is 2.09. The number of nitrogens with zero attached hydrogens (tertiary/aromatic N) is 2. The van der Waals surface area contributed by atoms with Crippen LogP contribution >= 0.6 is 0 Å². The van der Waals surface area contributed by atoms with E-state index in [1.807, 2.05) is 38.1 Å². The van der Waals surface area contributed by atoms with Gasteiger partial charge in [0.2, 0.25) is 5.95 Å². The minimum Gasteiger partial charge on any atom is -0.491 e. The lowest BCUT2D eigenvalue weighted by Crippen LogP contribution is -2.23. The maximum Gasteiger partial charge on any atom is 0.270 e. The lowest BCUT2D eigenvalue weighted by Gasteiger charge is -2.11. The van der Waals surface area contributed by atoms with E-state index in [2.05, 4.69) is 20.6 Å². The molecule has 2 N–H and O–H groups in total. The zero-order valence-corrected chi connectivity index (χ0v) is 14.6. The second-order valence-electron chi connectivity index (χ2n) is 5.84. The summed E-state index contributed by atoms with van der Waals surface area (Å²) >= 11 is 0. The molecule has 2 heterocycles. The van der Waals surface area contributed by atoms with E-state index in [9.17, 15) is 4.79 Å². The monoisotopic (exact) mass is 352 g/mol. The van der Waals surface area contributed by atoms with Gasteiger partial charge in [0.05, 0.1) is 18.9 Å². The van der Waals surface area contributed by atoms with E-state index in [1.165, 1.54) is 6.20 Å². The summed E-state index contributed by atoms with van der Waals surface area (Å²) in [6, 6.07) is 12.6. The van der Waals surface area contributed by atoms with Crippen molar-refractivity contribution in [1.29, 1.82) is 0 Å². The molecule has 0 aliphatic heterocycles. The third-order valence-electron chi connectivity index (χ3n) is 3.37. The summed E-state index contributed by atoms with van der Waals surface area (Å²) in [4.78, 5) is 20.6. The highest BCUT2D eigenvalue weighted by molar-refractivity contribution is 5.92. The Morgan fingerprint density at radius 3 is 2.69 bits per heavy atom. The molecule has 134 valence electrons. The molecule has 3 rings (SSSR count). The van der Waals surface area contributed by atoms with Crippen molar-refractivity contribution in [2.75, 3.05) is 5.32 Å². The first-order chi connectivity index (χ1) is 12.6. The zero-order valence-electron chi connectivity index (χ0n) is 14.6. The quantitative estimate of drug-likeness (QED) is 0.676. The van der Waals surface area contributed by atoms with E-state index in [0.717, 1.165) is 11.4 Å². The Labute approximate surface area is 151 Å². The fraction of sp³-hybridized carbons (Fsp3) is 0.211. The maximum atomic E-state index is 12.2. The molecule has 0 unspecified atom stereocenters. The summed E-state index contributed by atoms with van der Waals surface area (Å²) in [6.07, 6.45) is 3.22. The normalized spacial score (nSPS) is 10.6. The SMILES string of the molecule is CC(C)Oc1ccc(Nc2nccc(C(=O)NCc3ccco3)n2)cc1. The number of rotatable bonds is 7. The van der Waals surface area contributed by atoms with Crippen LogP contribution in [0.4, 0.5) is 11.6 Å². The van der Waals surface area contributed by atoms with E-state index in [4.69, 9.17) is 9.15 Å². The van der Waals surface area contributed by atoms with Gasteiger partial charge in [-0.3, -0.25) is 4.79 Å². The van der Waals surface area contributed by atoms with Crippen LogP contribution in [0.5, 0.6) is 5.75 Å². The van der Waals surface area contributed by atoms with E-state index in [1.54, 1.807) is 24.5 Å². The van der Waals surface area contributed by atoms with Crippen molar-refractivity contribution in [3.8, 4) is 5.75 Å². The van der Waals surface area contributed by atoms with Crippen LogP contribution in [0.2, 0.25) is 0 Å². The smallest absolute Gasteiger partial charge is 0.270 e. The van der Waals surface area contributed by atoms with Gasteiger partial charge in [0.1, 0.15) is 17.2 Å². The Bertz CT molecular complexity index is 845. The fourth-order valence-corrected chi connectivity index (χ4v) is 2.23. The van der Waals surface area contributed by atoms with Gasteiger partial charge in [-0.25, -0.2) is 9.97 Å². The molecule has 0 bridgehead atoms. The van der Waals surface area contributed by atoms with Gasteiger partial charge < -0.3 is 19.8 Å². The molecule has 7 nitrogen and oxygen atoms in total. The van der Waals surface area contributed by atoms with E-state index < -0.39 is 0 Å². The van der Waals surface area contributed by atoms with Gasteiger partial charge >= 0.3 is 0 Å². The molecule has 0 saturated carbocycles. The first kappa shape index (κ1) is 17.5. The Morgan fingerprint density at radius 2 is 2.00 bits per heavy atom. The molecule has 0 radical (unpaired) electrons. The van der Waals surface area contributed by atoms with Crippen LogP contribution in [0.15, 0.2) is 59.3 Å². The average molecular weight is 352 g/mol. The maximum absolute atomic E-state index is 12.2. The molecule has 0 spiro atoms. The van der Waals surface area contributed by atoms with Crippen molar-refractivity contribution < 1.29 is 13.9 Å². The molecule has 0 aliphatic carbocycles. The number of nitrogens with one attached hydrogen (secondary N) is 2. The predicted octanol–water partition coefficient (Wildman–Crippen LogP) is 3.53. The predicted molar refractivity (Wildman–Crippen MR) is 97.4 cm³/mol. The molecule has 3 aromatic rings. The first-order valence-corrected chi connectivity index (χ1v) is 8.27. The highest BCUT2D eigenvalue weighted by Crippen LogP contribution is 2.19. The molecule has 0 fully saturated rings. The Hall–Kier alpha value is -3.35. The summed E-state index contributed by atoms with van der Waals surface area (Å²) in [6.45, 7) is 4.25. The van der Waals surface area contributed by atoms with Crippen LogP contribution in [-0.2, 0) is 6.54 Å². The number of furan rings is 1. The van der Waals surface area contributed by atoms with Crippen molar-refractivity contribution >= 4 is 17.5 Å². The van der Waals surface area contributed by atoms with Crippen LogP contribution in [0.25, 0.3) is 0 Å². The van der Waals surface area contributed by atoms with Gasteiger partial charge in [0, 0.05) is 11.9 Å². The summed E-state index contributed by atoms with van der Waals surface area (Å²) < 4.78 is 10.8. The molecular weight excluding hydrogens is 332 g/mol. The van der Waals surface area contributed by atoms with Crippen molar-refractivity contribution in [3.05, 3.63) is 66.4 Å². The van der Waals surface area contributed by atoms with E-state index in [0.29, 0.717) is 18.3 Å². The van der Waals surface area contributed by atoms with Crippen LogP contribution < -0.4 is 15.4 Å². The zero-order chi connectivity index (χ0) is 18.4. The van der Waals surface area contributed by atoms with Crippen molar-refractivity contribution in [3.63, 3.8) is 0 Å². The summed E-state index contributed by atoms with van der Waals surface area (Å²) in [7, 11) is 0. The molecule has 1 amide bonds. The van der Waals surface area contributed by atoms with Gasteiger partial charge in [-0.15, -0.1) is 0 Å². The van der Waals surface area contributed by atoms with Gasteiger partial charge in [0.15, 0.2) is 0 Å². The number of hydrogen-bond acceptors (Lipinski definition) is 6. The molecule has 0 saturated heterocycles. The van der Waals surface area contributed by atoms with E-state index >= 15 is 0 Å². The fourth-order valence-electron chi connectivity index (χ4n) is 2.23. The Kier molecular flexibility index (Phi) is 5.48. The van der Waals surface area contributed by atoms with Gasteiger partial charge in [-0.2, -0.15) is 0 Å². The molecule has 1 aromatic carbocycles. The van der Waals surface area contributed by atoms with Crippen LogP contribution in [0.1, 0.15) is 30.1 Å². The number of amides is 1. The van der Waals surface area contributed by atoms with Crippen molar-refractivity contribution in [2.24, 2.45) is 0 Å². The van der Waals surface area contributed by atoms with Crippen LogP contribution in [-0.4, -0.2) is 22.0 Å². The topological polar surface area (TPSA) is 89.3 Å².